The number of pyridine rings is 2. The Hall–Kier alpha value is -3.96. The third-order valence-corrected chi connectivity index (χ3v) is 6.66. The van der Waals surface area contributed by atoms with Gasteiger partial charge in [-0.05, 0) is 57.4 Å². The average Bonchev–Trinajstić information content (AvgIpc) is 3.43. The number of esters is 1. The van der Waals surface area contributed by atoms with Gasteiger partial charge in [-0.3, -0.25) is 9.59 Å². The van der Waals surface area contributed by atoms with Crippen LogP contribution in [0.15, 0.2) is 49.1 Å². The van der Waals surface area contributed by atoms with E-state index in [9.17, 15) is 22.8 Å². The summed E-state index contributed by atoms with van der Waals surface area (Å²) in [4.78, 5) is 36.3. The number of nitrogens with one attached hydrogen (secondary N) is 1. The number of anilines is 1. The first-order valence-corrected chi connectivity index (χ1v) is 13.7. The molecule has 1 aliphatic rings. The normalized spacial score (nSPS) is 14.5. The topological polar surface area (TPSA) is 102 Å². The van der Waals surface area contributed by atoms with E-state index in [4.69, 9.17) is 4.74 Å². The predicted molar refractivity (Wildman–Crippen MR) is 146 cm³/mol. The Balaban J connectivity index is 1.52. The average molecular weight is 573 g/mol. The van der Waals surface area contributed by atoms with Gasteiger partial charge in [0.15, 0.2) is 5.82 Å². The van der Waals surface area contributed by atoms with Gasteiger partial charge in [-0.1, -0.05) is 25.3 Å². The molecule has 0 unspecified atom stereocenters. The van der Waals surface area contributed by atoms with Gasteiger partial charge in [-0.2, -0.15) is 18.3 Å². The zero-order valence-corrected chi connectivity index (χ0v) is 23.4. The molecule has 220 valence electrons. The van der Waals surface area contributed by atoms with Crippen LogP contribution in [-0.4, -0.2) is 49.8 Å². The molecule has 1 aliphatic carbocycles. The molecule has 0 spiro atoms. The van der Waals surface area contributed by atoms with Gasteiger partial charge in [-0.25, -0.2) is 14.6 Å². The van der Waals surface area contributed by atoms with Gasteiger partial charge in [0.1, 0.15) is 11.4 Å². The molecule has 1 amide bonds. The SMILES string of the molecule is CC(C)(C)OC(=O)CCNC(=O)c1cccnc1N(Cc1ccc(-n2cc(C(F)(F)F)cn2)nc1)C1CCCCC1. The molecule has 0 aliphatic heterocycles. The van der Waals surface area contributed by atoms with E-state index in [1.165, 1.54) is 0 Å². The number of ether oxygens (including phenoxy) is 1. The third kappa shape index (κ3) is 8.27. The maximum atomic E-state index is 13.2. The zero-order chi connectivity index (χ0) is 29.6. The Morgan fingerprint density at radius 1 is 1.07 bits per heavy atom. The van der Waals surface area contributed by atoms with E-state index in [0.717, 1.165) is 54.7 Å². The third-order valence-electron chi connectivity index (χ3n) is 6.66. The number of carbonyl (C=O) groups is 2. The summed E-state index contributed by atoms with van der Waals surface area (Å²) in [5, 5.41) is 6.60. The van der Waals surface area contributed by atoms with Crippen molar-refractivity contribution in [1.82, 2.24) is 25.1 Å². The zero-order valence-electron chi connectivity index (χ0n) is 23.4. The van der Waals surface area contributed by atoms with Gasteiger partial charge >= 0.3 is 12.1 Å². The van der Waals surface area contributed by atoms with Crippen LogP contribution in [0.3, 0.4) is 0 Å². The fourth-order valence-electron chi connectivity index (χ4n) is 4.78. The van der Waals surface area contributed by atoms with Crippen molar-refractivity contribution >= 4 is 17.7 Å². The highest BCUT2D eigenvalue weighted by Crippen LogP contribution is 2.31. The summed E-state index contributed by atoms with van der Waals surface area (Å²) in [6.07, 6.45) is 5.61. The summed E-state index contributed by atoms with van der Waals surface area (Å²) in [7, 11) is 0. The van der Waals surface area contributed by atoms with Crippen LogP contribution in [0.4, 0.5) is 19.0 Å². The van der Waals surface area contributed by atoms with E-state index in [1.54, 1.807) is 57.4 Å². The van der Waals surface area contributed by atoms with Gasteiger partial charge in [-0.15, -0.1) is 0 Å². The van der Waals surface area contributed by atoms with Crippen LogP contribution in [0.1, 0.15) is 80.8 Å². The van der Waals surface area contributed by atoms with Crippen molar-refractivity contribution in [1.29, 1.82) is 0 Å². The second-order valence-corrected chi connectivity index (χ2v) is 11.1. The first-order valence-electron chi connectivity index (χ1n) is 13.7. The predicted octanol–water partition coefficient (Wildman–Crippen LogP) is 5.48. The second-order valence-electron chi connectivity index (χ2n) is 11.1. The number of alkyl halides is 3. The molecule has 1 saturated carbocycles. The first kappa shape index (κ1) is 30.0. The van der Waals surface area contributed by atoms with Crippen LogP contribution < -0.4 is 10.2 Å². The molecule has 1 N–H and O–H groups in total. The number of halogens is 3. The first-order chi connectivity index (χ1) is 19.4. The molecule has 12 heteroatoms. The number of hydrogen-bond donors (Lipinski definition) is 1. The van der Waals surface area contributed by atoms with E-state index >= 15 is 0 Å². The van der Waals surface area contributed by atoms with Crippen molar-refractivity contribution in [2.24, 2.45) is 0 Å². The molecule has 0 saturated heterocycles. The van der Waals surface area contributed by atoms with Gasteiger partial charge in [0.25, 0.3) is 5.91 Å². The van der Waals surface area contributed by atoms with Gasteiger partial charge in [0.05, 0.1) is 23.7 Å². The molecule has 0 radical (unpaired) electrons. The minimum absolute atomic E-state index is 0.0453. The molecule has 1 fully saturated rings. The highest BCUT2D eigenvalue weighted by Gasteiger charge is 2.32. The quantitative estimate of drug-likeness (QED) is 0.339. The molecule has 9 nitrogen and oxygen atoms in total. The smallest absolute Gasteiger partial charge is 0.419 e. The fraction of sp³-hybridized carbons (Fsp3) is 0.483. The highest BCUT2D eigenvalue weighted by molar-refractivity contribution is 5.99. The number of amides is 1. The lowest BCUT2D eigenvalue weighted by molar-refractivity contribution is -0.154. The number of hydrogen-bond acceptors (Lipinski definition) is 7. The van der Waals surface area contributed by atoms with Gasteiger partial charge < -0.3 is 15.0 Å². The molecule has 0 bridgehead atoms. The van der Waals surface area contributed by atoms with Crippen LogP contribution in [0.2, 0.25) is 0 Å². The van der Waals surface area contributed by atoms with Crippen molar-refractivity contribution in [2.75, 3.05) is 11.4 Å². The van der Waals surface area contributed by atoms with Crippen LogP contribution in [-0.2, 0) is 22.3 Å². The van der Waals surface area contributed by atoms with Crippen LogP contribution >= 0.6 is 0 Å². The lowest BCUT2D eigenvalue weighted by Crippen LogP contribution is -2.39. The molecule has 4 rings (SSSR count). The summed E-state index contributed by atoms with van der Waals surface area (Å²) < 4.78 is 45.3. The lowest BCUT2D eigenvalue weighted by atomic mass is 9.93. The second kappa shape index (κ2) is 12.7. The maximum absolute atomic E-state index is 13.2. The minimum atomic E-state index is -4.49. The van der Waals surface area contributed by atoms with E-state index in [2.05, 4.69) is 25.3 Å². The number of carbonyl (C=O) groups excluding carboxylic acids is 2. The van der Waals surface area contributed by atoms with E-state index in [1.807, 2.05) is 0 Å². The van der Waals surface area contributed by atoms with Crippen molar-refractivity contribution < 1.29 is 27.5 Å². The number of nitrogens with zero attached hydrogens (tertiary/aromatic N) is 5. The molecule has 41 heavy (non-hydrogen) atoms. The highest BCUT2D eigenvalue weighted by atomic mass is 19.4. The Labute approximate surface area is 237 Å². The minimum Gasteiger partial charge on any atom is -0.460 e. The summed E-state index contributed by atoms with van der Waals surface area (Å²) >= 11 is 0. The Bertz CT molecular complexity index is 1330. The van der Waals surface area contributed by atoms with E-state index < -0.39 is 23.3 Å². The molecule has 3 heterocycles. The monoisotopic (exact) mass is 572 g/mol. The summed E-state index contributed by atoms with van der Waals surface area (Å²) in [5.41, 5.74) is -0.248. The molecule has 3 aromatic rings. The van der Waals surface area contributed by atoms with Crippen molar-refractivity contribution in [3.8, 4) is 5.82 Å². The molecule has 3 aromatic heterocycles. The van der Waals surface area contributed by atoms with Crippen LogP contribution in [0.5, 0.6) is 0 Å². The number of aromatic nitrogens is 4. The Morgan fingerprint density at radius 3 is 2.46 bits per heavy atom. The summed E-state index contributed by atoms with van der Waals surface area (Å²) in [5.74, 6) is 0.0512. The maximum Gasteiger partial charge on any atom is 0.419 e. The number of rotatable bonds is 9. The molecular weight excluding hydrogens is 537 g/mol. The fourth-order valence-corrected chi connectivity index (χ4v) is 4.78. The Morgan fingerprint density at radius 2 is 1.83 bits per heavy atom. The lowest BCUT2D eigenvalue weighted by Gasteiger charge is -2.36. The van der Waals surface area contributed by atoms with Crippen molar-refractivity contribution in [3.63, 3.8) is 0 Å². The summed E-state index contributed by atoms with van der Waals surface area (Å²) in [6.45, 7) is 5.89. The van der Waals surface area contributed by atoms with Gasteiger partial charge in [0.2, 0.25) is 0 Å². The van der Waals surface area contributed by atoms with Crippen LogP contribution in [0.25, 0.3) is 5.82 Å². The van der Waals surface area contributed by atoms with Crippen molar-refractivity contribution in [2.45, 2.75) is 83.7 Å². The molecule has 0 atom stereocenters. The molecule has 0 aromatic carbocycles. The van der Waals surface area contributed by atoms with E-state index in [0.29, 0.717) is 17.9 Å². The van der Waals surface area contributed by atoms with Gasteiger partial charge in [0, 0.05) is 37.7 Å². The largest absolute Gasteiger partial charge is 0.460 e. The standard InChI is InChI=1S/C29H35F3N6O3/c1-28(2,3)41-25(39)13-15-34-27(40)23-10-7-14-33-26(23)37(22-8-5-4-6-9-22)18-20-11-12-24(35-16-20)38-19-21(17-36-38)29(30,31)32/h7,10-12,14,16-17,19,22H,4-6,8-9,13,15,18H2,1-3H3,(H,34,40). The van der Waals surface area contributed by atoms with E-state index in [-0.39, 0.29) is 30.7 Å². The Kier molecular flexibility index (Phi) is 9.29. The van der Waals surface area contributed by atoms with Crippen molar-refractivity contribution in [3.05, 3.63) is 65.7 Å². The summed E-state index contributed by atoms with van der Waals surface area (Å²) in [6, 6.07) is 6.95. The van der Waals surface area contributed by atoms with Crippen LogP contribution in [0, 0.1) is 0 Å². The molecular formula is C29H35F3N6O3.